The number of hydrogen-bond acceptors (Lipinski definition) is 3. The van der Waals surface area contributed by atoms with E-state index in [1.807, 2.05) is 12.1 Å². The number of hydrazine groups is 1. The molecule has 3 N–H and O–H groups in total. The summed E-state index contributed by atoms with van der Waals surface area (Å²) in [6.07, 6.45) is 1.75. The lowest BCUT2D eigenvalue weighted by Crippen LogP contribution is -2.27. The van der Waals surface area contributed by atoms with Gasteiger partial charge in [-0.2, -0.15) is 0 Å². The smallest absolute Gasteiger partial charge is 0.134 e. The van der Waals surface area contributed by atoms with Crippen molar-refractivity contribution < 1.29 is 4.42 Å². The van der Waals surface area contributed by atoms with E-state index in [1.54, 1.807) is 0 Å². The number of rotatable bonds is 5. The van der Waals surface area contributed by atoms with E-state index in [1.165, 1.54) is 5.56 Å². The van der Waals surface area contributed by atoms with Gasteiger partial charge in [-0.25, -0.2) is 5.43 Å². The molecule has 0 saturated carbocycles. The van der Waals surface area contributed by atoms with Gasteiger partial charge >= 0.3 is 0 Å². The first kappa shape index (κ1) is 12.9. The Hall–Kier alpha value is -1.58. The normalized spacial score (nSPS) is 12.8. The summed E-state index contributed by atoms with van der Waals surface area (Å²) >= 11 is 0. The minimum Gasteiger partial charge on any atom is -0.459 e. The molecule has 0 aliphatic carbocycles. The van der Waals surface area contributed by atoms with Crippen LogP contribution in [0, 0.1) is 6.92 Å². The standard InChI is InChI=1S/C15H20N2O/c1-4-10(2)8-13(17-16)15-9-12-7-11(3)5-6-14(12)18-15/h5-7,9,13,17H,2,4,8,16H2,1,3H3. The van der Waals surface area contributed by atoms with Crippen LogP contribution in [0.4, 0.5) is 0 Å². The fourth-order valence-corrected chi connectivity index (χ4v) is 2.03. The lowest BCUT2D eigenvalue weighted by atomic mass is 10.0. The minimum atomic E-state index is -0.00911. The average molecular weight is 244 g/mol. The van der Waals surface area contributed by atoms with Gasteiger partial charge in [0.15, 0.2) is 0 Å². The third kappa shape index (κ3) is 2.63. The molecule has 3 nitrogen and oxygen atoms in total. The lowest BCUT2D eigenvalue weighted by Gasteiger charge is -2.13. The summed E-state index contributed by atoms with van der Waals surface area (Å²) in [5, 5.41) is 1.12. The first-order valence-corrected chi connectivity index (χ1v) is 6.27. The van der Waals surface area contributed by atoms with Gasteiger partial charge in [-0.1, -0.05) is 30.7 Å². The Kier molecular flexibility index (Phi) is 3.84. The van der Waals surface area contributed by atoms with E-state index in [0.717, 1.165) is 35.1 Å². The van der Waals surface area contributed by atoms with Crippen molar-refractivity contribution in [2.24, 2.45) is 5.84 Å². The van der Waals surface area contributed by atoms with Crippen LogP contribution < -0.4 is 11.3 Å². The summed E-state index contributed by atoms with van der Waals surface area (Å²) in [4.78, 5) is 0. The van der Waals surface area contributed by atoms with Gasteiger partial charge in [-0.3, -0.25) is 5.84 Å². The third-order valence-corrected chi connectivity index (χ3v) is 3.23. The first-order valence-electron chi connectivity index (χ1n) is 6.27. The van der Waals surface area contributed by atoms with Gasteiger partial charge in [-0.15, -0.1) is 0 Å². The summed E-state index contributed by atoms with van der Waals surface area (Å²) in [6.45, 7) is 8.19. The van der Waals surface area contributed by atoms with Crippen molar-refractivity contribution in [3.05, 3.63) is 47.7 Å². The number of hydrogen-bond donors (Lipinski definition) is 2. The maximum Gasteiger partial charge on any atom is 0.134 e. The molecule has 0 amide bonds. The number of benzene rings is 1. The molecule has 0 aliphatic rings. The molecule has 1 unspecified atom stereocenters. The van der Waals surface area contributed by atoms with E-state index in [9.17, 15) is 0 Å². The highest BCUT2D eigenvalue weighted by molar-refractivity contribution is 5.78. The second kappa shape index (κ2) is 5.38. The number of nitrogens with two attached hydrogens (primary N) is 1. The van der Waals surface area contributed by atoms with Crippen LogP contribution in [0.25, 0.3) is 11.0 Å². The fourth-order valence-electron chi connectivity index (χ4n) is 2.03. The van der Waals surface area contributed by atoms with Crippen molar-refractivity contribution >= 4 is 11.0 Å². The van der Waals surface area contributed by atoms with Crippen LogP contribution in [0.1, 0.15) is 37.1 Å². The molecule has 0 bridgehead atoms. The highest BCUT2D eigenvalue weighted by Gasteiger charge is 2.15. The van der Waals surface area contributed by atoms with Gasteiger partial charge in [0, 0.05) is 5.39 Å². The Bertz CT molecular complexity index is 557. The maximum absolute atomic E-state index is 5.84. The summed E-state index contributed by atoms with van der Waals surface area (Å²) in [6, 6.07) is 8.20. The predicted octanol–water partition coefficient (Wildman–Crippen LogP) is 3.60. The molecule has 18 heavy (non-hydrogen) atoms. The van der Waals surface area contributed by atoms with E-state index >= 15 is 0 Å². The molecule has 0 aliphatic heterocycles. The Labute approximate surface area is 108 Å². The van der Waals surface area contributed by atoms with Crippen molar-refractivity contribution in [3.8, 4) is 0 Å². The van der Waals surface area contributed by atoms with Gasteiger partial charge in [0.05, 0.1) is 6.04 Å². The van der Waals surface area contributed by atoms with Crippen molar-refractivity contribution in [2.75, 3.05) is 0 Å². The molecule has 0 radical (unpaired) electrons. The van der Waals surface area contributed by atoms with Crippen LogP contribution in [0.5, 0.6) is 0 Å². The number of furan rings is 1. The van der Waals surface area contributed by atoms with E-state index in [0.29, 0.717) is 0 Å². The number of fused-ring (bicyclic) bond motifs is 1. The van der Waals surface area contributed by atoms with Gasteiger partial charge in [0.25, 0.3) is 0 Å². The van der Waals surface area contributed by atoms with Gasteiger partial charge < -0.3 is 4.42 Å². The monoisotopic (exact) mass is 244 g/mol. The molecule has 2 rings (SSSR count). The first-order chi connectivity index (χ1) is 8.63. The summed E-state index contributed by atoms with van der Waals surface area (Å²) in [5.41, 5.74) is 6.09. The molecule has 1 heterocycles. The van der Waals surface area contributed by atoms with Crippen molar-refractivity contribution in [2.45, 2.75) is 32.7 Å². The van der Waals surface area contributed by atoms with E-state index < -0.39 is 0 Å². The molecule has 0 saturated heterocycles. The number of nitrogens with one attached hydrogen (secondary N) is 1. The van der Waals surface area contributed by atoms with Gasteiger partial charge in [0.2, 0.25) is 0 Å². The molecule has 1 aromatic carbocycles. The largest absolute Gasteiger partial charge is 0.459 e. The zero-order chi connectivity index (χ0) is 13.1. The molecule has 96 valence electrons. The molecule has 0 fully saturated rings. The molecule has 1 aromatic heterocycles. The molecule has 2 aromatic rings. The average Bonchev–Trinajstić information content (AvgIpc) is 2.78. The van der Waals surface area contributed by atoms with Crippen LogP contribution in [-0.2, 0) is 0 Å². The minimum absolute atomic E-state index is 0.00911. The Morgan fingerprint density at radius 1 is 1.44 bits per heavy atom. The third-order valence-electron chi connectivity index (χ3n) is 3.23. The fraction of sp³-hybridized carbons (Fsp3) is 0.333. The van der Waals surface area contributed by atoms with Crippen molar-refractivity contribution in [3.63, 3.8) is 0 Å². The zero-order valence-corrected chi connectivity index (χ0v) is 11.0. The second-order valence-electron chi connectivity index (χ2n) is 4.72. The Morgan fingerprint density at radius 2 is 2.22 bits per heavy atom. The molecule has 0 spiro atoms. The molecular weight excluding hydrogens is 224 g/mol. The Morgan fingerprint density at radius 3 is 2.89 bits per heavy atom. The van der Waals surface area contributed by atoms with Crippen molar-refractivity contribution in [1.82, 2.24) is 5.43 Å². The summed E-state index contributed by atoms with van der Waals surface area (Å²) in [7, 11) is 0. The molecule has 3 heteroatoms. The van der Waals surface area contributed by atoms with E-state index in [4.69, 9.17) is 10.3 Å². The summed E-state index contributed by atoms with van der Waals surface area (Å²) in [5.74, 6) is 6.48. The SMILES string of the molecule is C=C(CC)CC(NN)c1cc2cc(C)ccc2o1. The topological polar surface area (TPSA) is 51.2 Å². The van der Waals surface area contributed by atoms with E-state index in [-0.39, 0.29) is 6.04 Å². The number of aryl methyl sites for hydroxylation is 1. The Balaban J connectivity index is 2.30. The molecule has 1 atom stereocenters. The predicted molar refractivity (Wildman–Crippen MR) is 75.1 cm³/mol. The van der Waals surface area contributed by atoms with Crippen LogP contribution in [0.3, 0.4) is 0 Å². The van der Waals surface area contributed by atoms with Crippen LogP contribution in [0.15, 0.2) is 40.8 Å². The summed E-state index contributed by atoms with van der Waals surface area (Å²) < 4.78 is 5.84. The zero-order valence-electron chi connectivity index (χ0n) is 11.0. The maximum atomic E-state index is 5.84. The van der Waals surface area contributed by atoms with Crippen LogP contribution in [0.2, 0.25) is 0 Å². The quantitative estimate of drug-likeness (QED) is 0.480. The lowest BCUT2D eigenvalue weighted by molar-refractivity contribution is 0.432. The second-order valence-corrected chi connectivity index (χ2v) is 4.72. The highest BCUT2D eigenvalue weighted by Crippen LogP contribution is 2.28. The molecular formula is C15H20N2O. The van der Waals surface area contributed by atoms with Crippen molar-refractivity contribution in [1.29, 1.82) is 0 Å². The van der Waals surface area contributed by atoms with E-state index in [2.05, 4.69) is 38.0 Å². The van der Waals surface area contributed by atoms with Crippen LogP contribution in [-0.4, -0.2) is 0 Å². The van der Waals surface area contributed by atoms with Gasteiger partial charge in [-0.05, 0) is 38.0 Å². The highest BCUT2D eigenvalue weighted by atomic mass is 16.3. The van der Waals surface area contributed by atoms with Gasteiger partial charge in [0.1, 0.15) is 11.3 Å². The van der Waals surface area contributed by atoms with Crippen LogP contribution >= 0.6 is 0 Å².